The van der Waals surface area contributed by atoms with E-state index in [0.717, 1.165) is 51.4 Å². The normalized spacial score (nSPS) is 22.0. The first-order chi connectivity index (χ1) is 10.8. The van der Waals surface area contributed by atoms with Crippen LogP contribution in [-0.4, -0.2) is 57.2 Å². The van der Waals surface area contributed by atoms with E-state index in [1.165, 1.54) is 5.69 Å². The molecule has 0 aliphatic carbocycles. The first-order valence-electron chi connectivity index (χ1n) is 8.14. The van der Waals surface area contributed by atoms with E-state index in [-0.39, 0.29) is 0 Å². The van der Waals surface area contributed by atoms with Gasteiger partial charge in [0, 0.05) is 44.4 Å². The lowest BCUT2D eigenvalue weighted by molar-refractivity contribution is -0.132. The van der Waals surface area contributed by atoms with Crippen LogP contribution in [0.4, 0.5) is 5.69 Å². The third-order valence-electron chi connectivity index (χ3n) is 4.68. The fraction of sp³-hybridized carbons (Fsp3) is 0.588. The molecule has 0 bridgehead atoms. The van der Waals surface area contributed by atoms with Gasteiger partial charge in [0.25, 0.3) is 0 Å². The summed E-state index contributed by atoms with van der Waals surface area (Å²) < 4.78 is 5.28. The van der Waals surface area contributed by atoms with Gasteiger partial charge >= 0.3 is 0 Å². The molecule has 1 amide bonds. The lowest BCUT2D eigenvalue weighted by Crippen LogP contribution is -2.49. The fourth-order valence-corrected chi connectivity index (χ4v) is 3.29. The summed E-state index contributed by atoms with van der Waals surface area (Å²) in [6.07, 6.45) is 1.83. The molecule has 120 valence electrons. The zero-order valence-corrected chi connectivity index (χ0v) is 13.3. The first kappa shape index (κ1) is 15.2. The number of hydrogen-bond acceptors (Lipinski definition) is 4. The van der Waals surface area contributed by atoms with E-state index in [9.17, 15) is 4.79 Å². The molecular formula is C17H25N3O2. The topological polar surface area (TPSA) is 44.8 Å². The van der Waals surface area contributed by atoms with Crippen molar-refractivity contribution in [3.8, 4) is 5.75 Å². The Morgan fingerprint density at radius 2 is 2.14 bits per heavy atom. The van der Waals surface area contributed by atoms with Crippen LogP contribution in [0.15, 0.2) is 24.3 Å². The SMILES string of the molecule is COc1cccc(N2CCN(C(=O)C[C@@H]3CCNC3)CC2)c1. The highest BCUT2D eigenvalue weighted by molar-refractivity contribution is 5.77. The van der Waals surface area contributed by atoms with Gasteiger partial charge in [-0.3, -0.25) is 4.79 Å². The zero-order valence-electron chi connectivity index (χ0n) is 13.3. The molecule has 0 unspecified atom stereocenters. The highest BCUT2D eigenvalue weighted by Crippen LogP contribution is 2.22. The summed E-state index contributed by atoms with van der Waals surface area (Å²) in [5, 5.41) is 3.33. The number of rotatable bonds is 4. The van der Waals surface area contributed by atoms with E-state index < -0.39 is 0 Å². The maximum Gasteiger partial charge on any atom is 0.223 e. The average Bonchev–Trinajstić information content (AvgIpc) is 3.08. The van der Waals surface area contributed by atoms with Crippen molar-refractivity contribution < 1.29 is 9.53 Å². The van der Waals surface area contributed by atoms with Gasteiger partial charge in [-0.2, -0.15) is 0 Å². The number of benzene rings is 1. The number of nitrogens with zero attached hydrogens (tertiary/aromatic N) is 2. The lowest BCUT2D eigenvalue weighted by Gasteiger charge is -2.36. The van der Waals surface area contributed by atoms with Crippen molar-refractivity contribution in [3.05, 3.63) is 24.3 Å². The predicted molar refractivity (Wildman–Crippen MR) is 87.4 cm³/mol. The molecule has 0 spiro atoms. The molecule has 1 aromatic carbocycles. The van der Waals surface area contributed by atoms with Gasteiger partial charge in [-0.25, -0.2) is 0 Å². The Balaban J connectivity index is 1.52. The Morgan fingerprint density at radius 3 is 2.82 bits per heavy atom. The summed E-state index contributed by atoms with van der Waals surface area (Å²) in [5.74, 6) is 1.73. The van der Waals surface area contributed by atoms with Crippen molar-refractivity contribution in [2.75, 3.05) is 51.3 Å². The Hall–Kier alpha value is -1.75. The zero-order chi connectivity index (χ0) is 15.4. The van der Waals surface area contributed by atoms with Gasteiger partial charge in [0.05, 0.1) is 7.11 Å². The smallest absolute Gasteiger partial charge is 0.223 e. The summed E-state index contributed by atoms with van der Waals surface area (Å²) in [4.78, 5) is 16.7. The summed E-state index contributed by atoms with van der Waals surface area (Å²) in [6.45, 7) is 5.47. The average molecular weight is 303 g/mol. The van der Waals surface area contributed by atoms with Crippen molar-refractivity contribution in [2.24, 2.45) is 5.92 Å². The molecule has 2 aliphatic heterocycles. The molecule has 1 N–H and O–H groups in total. The van der Waals surface area contributed by atoms with Gasteiger partial charge < -0.3 is 19.9 Å². The first-order valence-corrected chi connectivity index (χ1v) is 8.14. The van der Waals surface area contributed by atoms with Gasteiger partial charge in [0.1, 0.15) is 5.75 Å². The van der Waals surface area contributed by atoms with Crippen molar-refractivity contribution in [2.45, 2.75) is 12.8 Å². The minimum absolute atomic E-state index is 0.319. The van der Waals surface area contributed by atoms with Gasteiger partial charge in [-0.1, -0.05) is 6.07 Å². The number of piperazine rings is 1. The molecule has 2 heterocycles. The van der Waals surface area contributed by atoms with Crippen molar-refractivity contribution in [1.29, 1.82) is 0 Å². The minimum Gasteiger partial charge on any atom is -0.497 e. The molecule has 2 aliphatic rings. The number of methoxy groups -OCH3 is 1. The second-order valence-electron chi connectivity index (χ2n) is 6.13. The van der Waals surface area contributed by atoms with Gasteiger partial charge in [-0.05, 0) is 37.6 Å². The molecule has 0 aromatic heterocycles. The van der Waals surface area contributed by atoms with Crippen LogP contribution in [0.3, 0.4) is 0 Å². The van der Waals surface area contributed by atoms with Crippen molar-refractivity contribution >= 4 is 11.6 Å². The Kier molecular flexibility index (Phi) is 4.83. The van der Waals surface area contributed by atoms with E-state index >= 15 is 0 Å². The summed E-state index contributed by atoms with van der Waals surface area (Å²) >= 11 is 0. The fourth-order valence-electron chi connectivity index (χ4n) is 3.29. The molecule has 0 saturated carbocycles. The Morgan fingerprint density at radius 1 is 1.32 bits per heavy atom. The van der Waals surface area contributed by atoms with E-state index in [1.54, 1.807) is 7.11 Å². The quantitative estimate of drug-likeness (QED) is 0.912. The minimum atomic E-state index is 0.319. The number of nitrogens with one attached hydrogen (secondary N) is 1. The highest BCUT2D eigenvalue weighted by Gasteiger charge is 2.25. The van der Waals surface area contributed by atoms with E-state index in [0.29, 0.717) is 18.2 Å². The van der Waals surface area contributed by atoms with Gasteiger partial charge in [0.15, 0.2) is 0 Å². The Labute approximate surface area is 132 Å². The largest absolute Gasteiger partial charge is 0.497 e. The van der Waals surface area contributed by atoms with Crippen LogP contribution in [0.5, 0.6) is 5.75 Å². The summed E-state index contributed by atoms with van der Waals surface area (Å²) in [5.41, 5.74) is 1.17. The molecule has 5 nitrogen and oxygen atoms in total. The van der Waals surface area contributed by atoms with Crippen LogP contribution in [0.25, 0.3) is 0 Å². The van der Waals surface area contributed by atoms with Crippen molar-refractivity contribution in [3.63, 3.8) is 0 Å². The van der Waals surface area contributed by atoms with Gasteiger partial charge in [-0.15, -0.1) is 0 Å². The molecule has 22 heavy (non-hydrogen) atoms. The van der Waals surface area contributed by atoms with E-state index in [4.69, 9.17) is 4.74 Å². The third-order valence-corrected chi connectivity index (χ3v) is 4.68. The predicted octanol–water partition coefficient (Wildman–Crippen LogP) is 1.34. The van der Waals surface area contributed by atoms with Crippen LogP contribution in [-0.2, 0) is 4.79 Å². The van der Waals surface area contributed by atoms with Crippen LogP contribution in [0, 0.1) is 5.92 Å². The summed E-state index contributed by atoms with van der Waals surface area (Å²) in [7, 11) is 1.69. The molecule has 2 saturated heterocycles. The number of amides is 1. The lowest BCUT2D eigenvalue weighted by atomic mass is 10.0. The van der Waals surface area contributed by atoms with Crippen LogP contribution >= 0.6 is 0 Å². The highest BCUT2D eigenvalue weighted by atomic mass is 16.5. The number of hydrogen-bond donors (Lipinski definition) is 1. The maximum absolute atomic E-state index is 12.4. The number of anilines is 1. The number of carbonyl (C=O) groups is 1. The second-order valence-corrected chi connectivity index (χ2v) is 6.13. The van der Waals surface area contributed by atoms with Crippen LogP contribution < -0.4 is 15.0 Å². The number of carbonyl (C=O) groups excluding carboxylic acids is 1. The summed E-state index contributed by atoms with van der Waals surface area (Å²) in [6, 6.07) is 8.13. The second kappa shape index (κ2) is 7.01. The number of ether oxygens (including phenoxy) is 1. The molecule has 1 atom stereocenters. The molecule has 2 fully saturated rings. The van der Waals surface area contributed by atoms with Gasteiger partial charge in [0.2, 0.25) is 5.91 Å². The van der Waals surface area contributed by atoms with Crippen LogP contribution in [0.1, 0.15) is 12.8 Å². The standard InChI is InChI=1S/C17H25N3O2/c1-22-16-4-2-3-15(12-16)19-7-9-20(10-8-19)17(21)11-14-5-6-18-13-14/h2-4,12,14,18H,5-11,13H2,1H3/t14-/m0/s1. The molecule has 5 heteroatoms. The van der Waals surface area contributed by atoms with Crippen LogP contribution in [0.2, 0.25) is 0 Å². The molecule has 1 aromatic rings. The Bertz CT molecular complexity index is 506. The van der Waals surface area contributed by atoms with E-state index in [2.05, 4.69) is 22.3 Å². The van der Waals surface area contributed by atoms with E-state index in [1.807, 2.05) is 17.0 Å². The molecular weight excluding hydrogens is 278 g/mol. The van der Waals surface area contributed by atoms with Crippen molar-refractivity contribution in [1.82, 2.24) is 10.2 Å². The maximum atomic E-state index is 12.4. The molecule has 0 radical (unpaired) electrons. The molecule has 3 rings (SSSR count). The monoisotopic (exact) mass is 303 g/mol. The third kappa shape index (κ3) is 3.53.